The van der Waals surface area contributed by atoms with Gasteiger partial charge in [0.1, 0.15) is 0 Å². The lowest BCUT2D eigenvalue weighted by Crippen LogP contribution is -2.22. The SMILES string of the molecule is COc1ccc(CNC(=O)c2ccc(-n3nccc3C)cc2)cc1OC. The van der Waals surface area contributed by atoms with Crippen LogP contribution in [0.15, 0.2) is 54.7 Å². The highest BCUT2D eigenvalue weighted by molar-refractivity contribution is 5.94. The van der Waals surface area contributed by atoms with Crippen LogP contribution >= 0.6 is 0 Å². The fourth-order valence-electron chi connectivity index (χ4n) is 2.67. The number of nitrogens with one attached hydrogen (secondary N) is 1. The summed E-state index contributed by atoms with van der Waals surface area (Å²) in [7, 11) is 3.18. The van der Waals surface area contributed by atoms with Gasteiger partial charge in [-0.3, -0.25) is 4.79 Å². The Balaban J connectivity index is 1.66. The quantitative estimate of drug-likeness (QED) is 0.741. The number of benzene rings is 2. The monoisotopic (exact) mass is 351 g/mol. The fourth-order valence-corrected chi connectivity index (χ4v) is 2.67. The molecule has 26 heavy (non-hydrogen) atoms. The Hall–Kier alpha value is -3.28. The first-order chi connectivity index (χ1) is 12.6. The molecule has 0 bridgehead atoms. The molecule has 0 unspecified atom stereocenters. The summed E-state index contributed by atoms with van der Waals surface area (Å²) >= 11 is 0. The molecule has 0 fully saturated rings. The van der Waals surface area contributed by atoms with Crippen molar-refractivity contribution in [3.05, 3.63) is 71.5 Å². The van der Waals surface area contributed by atoms with Crippen molar-refractivity contribution in [1.82, 2.24) is 15.1 Å². The standard InChI is InChI=1S/C20H21N3O3/c1-14-10-11-22-23(14)17-7-5-16(6-8-17)20(24)21-13-15-4-9-18(25-2)19(12-15)26-3/h4-12H,13H2,1-3H3,(H,21,24). The van der Waals surface area contributed by atoms with E-state index in [1.807, 2.05) is 48.0 Å². The summed E-state index contributed by atoms with van der Waals surface area (Å²) in [5.41, 5.74) is 3.48. The Morgan fingerprint density at radius 2 is 1.77 bits per heavy atom. The molecule has 0 saturated heterocycles. The number of amides is 1. The zero-order valence-corrected chi connectivity index (χ0v) is 15.0. The number of aryl methyl sites for hydroxylation is 1. The zero-order valence-electron chi connectivity index (χ0n) is 15.0. The molecule has 0 aliphatic rings. The van der Waals surface area contributed by atoms with Gasteiger partial charge in [-0.2, -0.15) is 5.10 Å². The lowest BCUT2D eigenvalue weighted by atomic mass is 10.1. The number of ether oxygens (including phenoxy) is 2. The number of carbonyl (C=O) groups is 1. The molecule has 0 atom stereocenters. The maximum Gasteiger partial charge on any atom is 0.251 e. The maximum absolute atomic E-state index is 12.4. The molecular formula is C20H21N3O3. The van der Waals surface area contributed by atoms with Crippen LogP contribution in [0.25, 0.3) is 5.69 Å². The van der Waals surface area contributed by atoms with Crippen molar-refractivity contribution in [1.29, 1.82) is 0 Å². The van der Waals surface area contributed by atoms with Crippen LogP contribution in [-0.4, -0.2) is 29.9 Å². The van der Waals surface area contributed by atoms with Crippen LogP contribution in [0.1, 0.15) is 21.6 Å². The molecule has 0 aliphatic carbocycles. The second-order valence-corrected chi connectivity index (χ2v) is 5.80. The number of hydrogen-bond acceptors (Lipinski definition) is 4. The van der Waals surface area contributed by atoms with E-state index in [1.54, 1.807) is 32.5 Å². The molecule has 1 heterocycles. The first kappa shape index (κ1) is 17.5. The van der Waals surface area contributed by atoms with Crippen LogP contribution < -0.4 is 14.8 Å². The predicted octanol–water partition coefficient (Wildman–Crippen LogP) is 3.13. The molecule has 0 radical (unpaired) electrons. The van der Waals surface area contributed by atoms with Crippen molar-refractivity contribution >= 4 is 5.91 Å². The van der Waals surface area contributed by atoms with E-state index < -0.39 is 0 Å². The second kappa shape index (κ2) is 7.74. The van der Waals surface area contributed by atoms with Gasteiger partial charge in [-0.1, -0.05) is 6.07 Å². The predicted molar refractivity (Wildman–Crippen MR) is 99.0 cm³/mol. The minimum atomic E-state index is -0.136. The van der Waals surface area contributed by atoms with E-state index in [0.29, 0.717) is 23.6 Å². The van der Waals surface area contributed by atoms with Crippen molar-refractivity contribution in [2.75, 3.05) is 14.2 Å². The third-order valence-corrected chi connectivity index (χ3v) is 4.11. The normalized spacial score (nSPS) is 10.4. The molecule has 1 aromatic heterocycles. The lowest BCUT2D eigenvalue weighted by molar-refractivity contribution is 0.0951. The fraction of sp³-hybridized carbons (Fsp3) is 0.200. The largest absolute Gasteiger partial charge is 0.493 e. The molecule has 3 rings (SSSR count). The Kier molecular flexibility index (Phi) is 5.22. The third kappa shape index (κ3) is 3.69. The number of methoxy groups -OCH3 is 2. The molecule has 6 nitrogen and oxygen atoms in total. The van der Waals surface area contributed by atoms with Crippen LogP contribution in [0.3, 0.4) is 0 Å². The highest BCUT2D eigenvalue weighted by atomic mass is 16.5. The van der Waals surface area contributed by atoms with E-state index in [-0.39, 0.29) is 5.91 Å². The van der Waals surface area contributed by atoms with E-state index in [1.165, 1.54) is 0 Å². The zero-order chi connectivity index (χ0) is 18.5. The van der Waals surface area contributed by atoms with Crippen molar-refractivity contribution < 1.29 is 14.3 Å². The van der Waals surface area contributed by atoms with E-state index in [0.717, 1.165) is 16.9 Å². The molecule has 0 spiro atoms. The van der Waals surface area contributed by atoms with Crippen molar-refractivity contribution in [2.24, 2.45) is 0 Å². The number of nitrogens with zero attached hydrogens (tertiary/aromatic N) is 2. The van der Waals surface area contributed by atoms with Crippen LogP contribution in [0.5, 0.6) is 11.5 Å². The summed E-state index contributed by atoms with van der Waals surface area (Å²) in [5, 5.41) is 7.17. The van der Waals surface area contributed by atoms with Gasteiger partial charge in [0.2, 0.25) is 0 Å². The third-order valence-electron chi connectivity index (χ3n) is 4.11. The highest BCUT2D eigenvalue weighted by Gasteiger charge is 2.09. The van der Waals surface area contributed by atoms with E-state index in [4.69, 9.17) is 9.47 Å². The Bertz CT molecular complexity index is 901. The molecule has 134 valence electrons. The number of rotatable bonds is 6. The second-order valence-electron chi connectivity index (χ2n) is 5.80. The minimum Gasteiger partial charge on any atom is -0.493 e. The molecule has 1 amide bonds. The van der Waals surface area contributed by atoms with Gasteiger partial charge in [-0.15, -0.1) is 0 Å². The average molecular weight is 351 g/mol. The highest BCUT2D eigenvalue weighted by Crippen LogP contribution is 2.27. The summed E-state index contributed by atoms with van der Waals surface area (Å²) in [6.45, 7) is 2.38. The van der Waals surface area contributed by atoms with Gasteiger partial charge in [-0.25, -0.2) is 4.68 Å². The van der Waals surface area contributed by atoms with E-state index in [9.17, 15) is 4.79 Å². The average Bonchev–Trinajstić information content (AvgIpc) is 3.11. The van der Waals surface area contributed by atoms with Crippen molar-refractivity contribution in [2.45, 2.75) is 13.5 Å². The van der Waals surface area contributed by atoms with Gasteiger partial charge in [0.05, 0.1) is 19.9 Å². The summed E-state index contributed by atoms with van der Waals surface area (Å²) < 4.78 is 12.3. The van der Waals surface area contributed by atoms with Crippen LogP contribution in [0, 0.1) is 6.92 Å². The smallest absolute Gasteiger partial charge is 0.251 e. The lowest BCUT2D eigenvalue weighted by Gasteiger charge is -2.11. The molecule has 2 aromatic carbocycles. The number of carbonyl (C=O) groups excluding carboxylic acids is 1. The molecule has 1 N–H and O–H groups in total. The van der Waals surface area contributed by atoms with Crippen LogP contribution in [-0.2, 0) is 6.54 Å². The summed E-state index contributed by atoms with van der Waals surface area (Å²) in [6, 6.07) is 14.8. The van der Waals surface area contributed by atoms with Crippen molar-refractivity contribution in [3.8, 4) is 17.2 Å². The minimum absolute atomic E-state index is 0.136. The summed E-state index contributed by atoms with van der Waals surface area (Å²) in [5.74, 6) is 1.16. The molecule has 0 aliphatic heterocycles. The van der Waals surface area contributed by atoms with Gasteiger partial charge in [0.25, 0.3) is 5.91 Å². The Morgan fingerprint density at radius 3 is 2.38 bits per heavy atom. The maximum atomic E-state index is 12.4. The van der Waals surface area contributed by atoms with Gasteiger partial charge < -0.3 is 14.8 Å². The van der Waals surface area contributed by atoms with Gasteiger partial charge in [0.15, 0.2) is 11.5 Å². The van der Waals surface area contributed by atoms with Crippen molar-refractivity contribution in [3.63, 3.8) is 0 Å². The Morgan fingerprint density at radius 1 is 1.04 bits per heavy atom. The first-order valence-corrected chi connectivity index (χ1v) is 8.22. The summed E-state index contributed by atoms with van der Waals surface area (Å²) in [4.78, 5) is 12.4. The first-order valence-electron chi connectivity index (χ1n) is 8.22. The van der Waals surface area contributed by atoms with E-state index in [2.05, 4.69) is 10.4 Å². The molecule has 0 saturated carbocycles. The molecule has 3 aromatic rings. The van der Waals surface area contributed by atoms with Gasteiger partial charge >= 0.3 is 0 Å². The summed E-state index contributed by atoms with van der Waals surface area (Å²) in [6.07, 6.45) is 1.75. The molecule has 6 heteroatoms. The number of aromatic nitrogens is 2. The van der Waals surface area contributed by atoms with Crippen LogP contribution in [0.2, 0.25) is 0 Å². The molecular weight excluding hydrogens is 330 g/mol. The van der Waals surface area contributed by atoms with Gasteiger partial charge in [0, 0.05) is 24.0 Å². The van der Waals surface area contributed by atoms with Crippen LogP contribution in [0.4, 0.5) is 0 Å². The van der Waals surface area contributed by atoms with Gasteiger partial charge in [-0.05, 0) is 55.0 Å². The van der Waals surface area contributed by atoms with E-state index >= 15 is 0 Å². The number of hydrogen-bond donors (Lipinski definition) is 1. The topological polar surface area (TPSA) is 65.4 Å². The Labute approximate surface area is 152 Å².